The van der Waals surface area contributed by atoms with Crippen LogP contribution in [0.2, 0.25) is 10.0 Å². The summed E-state index contributed by atoms with van der Waals surface area (Å²) < 4.78 is 14.5. The molecule has 4 rings (SSSR count). The molecule has 0 aliphatic rings. The van der Waals surface area contributed by atoms with Crippen LogP contribution in [0.4, 0.5) is 0 Å². The van der Waals surface area contributed by atoms with Crippen molar-refractivity contribution < 1.29 is 9.47 Å². The molecule has 0 bridgehead atoms. The summed E-state index contributed by atoms with van der Waals surface area (Å²) in [5, 5.41) is 17.5. The van der Waals surface area contributed by atoms with Crippen molar-refractivity contribution in [1.29, 1.82) is 0 Å². The predicted molar refractivity (Wildman–Crippen MR) is 160 cm³/mol. The van der Waals surface area contributed by atoms with Gasteiger partial charge in [0, 0.05) is 27.9 Å². The van der Waals surface area contributed by atoms with Crippen molar-refractivity contribution in [3.05, 3.63) is 86.3 Å². The Morgan fingerprint density at radius 2 is 1.87 bits per heavy atom. The molecule has 3 aromatic carbocycles. The van der Waals surface area contributed by atoms with Gasteiger partial charge in [-0.1, -0.05) is 59.2 Å². The van der Waals surface area contributed by atoms with Crippen LogP contribution in [0.15, 0.2) is 70.3 Å². The molecule has 0 aliphatic heterocycles. The van der Waals surface area contributed by atoms with Crippen LogP contribution in [0, 0.1) is 0 Å². The van der Waals surface area contributed by atoms with E-state index in [0.29, 0.717) is 41.3 Å². The Hall–Kier alpha value is -2.01. The third-order valence-electron chi connectivity index (χ3n) is 5.26. The Kier molecular flexibility index (Phi) is 12.5. The quantitative estimate of drug-likeness (QED) is 0.118. The molecular weight excluding hydrogens is 633 g/mol. The minimum atomic E-state index is 0. The number of tetrazole rings is 1. The highest BCUT2D eigenvalue weighted by molar-refractivity contribution is 9.10. The number of aromatic nitrogens is 4. The van der Waals surface area contributed by atoms with Crippen LogP contribution >= 0.6 is 63.3 Å². The fourth-order valence-corrected chi connectivity index (χ4v) is 5.41. The van der Waals surface area contributed by atoms with E-state index in [4.69, 9.17) is 32.7 Å². The monoisotopic (exact) mass is 657 g/mol. The van der Waals surface area contributed by atoms with Gasteiger partial charge in [0.05, 0.1) is 16.8 Å². The molecule has 0 radical (unpaired) electrons. The van der Waals surface area contributed by atoms with E-state index in [1.807, 2.05) is 55.5 Å². The van der Waals surface area contributed by atoms with Crippen molar-refractivity contribution in [2.24, 2.45) is 0 Å². The number of hydrogen-bond donors (Lipinski definition) is 1. The minimum absolute atomic E-state index is 0. The molecule has 0 amide bonds. The number of thioether (sulfide) groups is 1. The standard InChI is InChI=1S/C26H26BrCl2N5O2S.ClH/c1-2-35-24-14-18(13-22(27)25(24)36-17-19-9-10-20(28)15-23(19)29)16-30-11-6-12-37-26-31-32-33-34(26)21-7-4-3-5-8-21;/h3-5,7-10,13-15,30H,2,6,11-12,16-17H2,1H3;1H. The van der Waals surface area contributed by atoms with Crippen LogP contribution in [0.5, 0.6) is 11.5 Å². The van der Waals surface area contributed by atoms with Crippen LogP contribution in [-0.2, 0) is 13.2 Å². The Bertz CT molecular complexity index is 1310. The van der Waals surface area contributed by atoms with Gasteiger partial charge in [0.1, 0.15) is 6.61 Å². The topological polar surface area (TPSA) is 74.1 Å². The zero-order chi connectivity index (χ0) is 26.0. The fraction of sp³-hybridized carbons (Fsp3) is 0.269. The van der Waals surface area contributed by atoms with Crippen LogP contribution in [0.25, 0.3) is 5.69 Å². The average Bonchev–Trinajstić information content (AvgIpc) is 3.36. The highest BCUT2D eigenvalue weighted by atomic mass is 79.9. The van der Waals surface area contributed by atoms with Crippen molar-refractivity contribution in [2.45, 2.75) is 31.7 Å². The SMILES string of the molecule is CCOc1cc(CNCCCSc2nnnn2-c2ccccc2)cc(Br)c1OCc1ccc(Cl)cc1Cl.Cl. The lowest BCUT2D eigenvalue weighted by Gasteiger charge is -2.16. The number of para-hydroxylation sites is 1. The van der Waals surface area contributed by atoms with Gasteiger partial charge in [-0.15, -0.1) is 17.5 Å². The van der Waals surface area contributed by atoms with Crippen molar-refractivity contribution in [1.82, 2.24) is 25.5 Å². The van der Waals surface area contributed by atoms with E-state index in [1.165, 1.54) is 0 Å². The average molecular weight is 660 g/mol. The first-order valence-corrected chi connectivity index (χ1v) is 14.3. The molecule has 4 aromatic rings. The molecule has 0 spiro atoms. The molecule has 1 aromatic heterocycles. The summed E-state index contributed by atoms with van der Waals surface area (Å²) in [7, 11) is 0. The lowest BCUT2D eigenvalue weighted by Crippen LogP contribution is -2.15. The smallest absolute Gasteiger partial charge is 0.214 e. The first-order chi connectivity index (χ1) is 18.0. The number of hydrogen-bond acceptors (Lipinski definition) is 7. The molecule has 202 valence electrons. The van der Waals surface area contributed by atoms with Crippen LogP contribution < -0.4 is 14.8 Å². The van der Waals surface area contributed by atoms with Crippen LogP contribution in [-0.4, -0.2) is 39.1 Å². The summed E-state index contributed by atoms with van der Waals surface area (Å²) in [5.74, 6) is 2.22. The highest BCUT2D eigenvalue weighted by Crippen LogP contribution is 2.38. The zero-order valence-corrected chi connectivity index (χ0v) is 25.3. The molecule has 0 unspecified atom stereocenters. The lowest BCUT2D eigenvalue weighted by atomic mass is 10.2. The molecule has 1 heterocycles. The number of halogens is 4. The number of rotatable bonds is 13. The maximum absolute atomic E-state index is 6.29. The fourth-order valence-electron chi connectivity index (χ4n) is 3.51. The Morgan fingerprint density at radius 1 is 1.05 bits per heavy atom. The van der Waals surface area contributed by atoms with Crippen molar-refractivity contribution in [3.63, 3.8) is 0 Å². The molecule has 7 nitrogen and oxygen atoms in total. The van der Waals surface area contributed by atoms with E-state index in [9.17, 15) is 0 Å². The molecular formula is C26H27BrCl3N5O2S. The Morgan fingerprint density at radius 3 is 2.63 bits per heavy atom. The lowest BCUT2D eigenvalue weighted by molar-refractivity contribution is 0.267. The van der Waals surface area contributed by atoms with Gasteiger partial charge in [-0.2, -0.15) is 4.68 Å². The first kappa shape index (κ1) is 30.5. The summed E-state index contributed by atoms with van der Waals surface area (Å²) in [6, 6.07) is 19.3. The highest BCUT2D eigenvalue weighted by Gasteiger charge is 2.14. The molecule has 0 atom stereocenters. The summed E-state index contributed by atoms with van der Waals surface area (Å²) in [6.45, 7) is 4.34. The van der Waals surface area contributed by atoms with Crippen LogP contribution in [0.3, 0.4) is 0 Å². The van der Waals surface area contributed by atoms with Crippen molar-refractivity contribution in [3.8, 4) is 17.2 Å². The number of ether oxygens (including phenoxy) is 2. The van der Waals surface area contributed by atoms with E-state index in [1.54, 1.807) is 28.6 Å². The van der Waals surface area contributed by atoms with Gasteiger partial charge in [-0.25, -0.2) is 0 Å². The maximum atomic E-state index is 6.29. The third-order valence-corrected chi connectivity index (χ3v) is 7.44. The molecule has 0 saturated heterocycles. The number of nitrogens with zero attached hydrogens (tertiary/aromatic N) is 4. The maximum Gasteiger partial charge on any atom is 0.214 e. The summed E-state index contributed by atoms with van der Waals surface area (Å²) in [4.78, 5) is 0. The molecule has 1 N–H and O–H groups in total. The number of nitrogens with one attached hydrogen (secondary N) is 1. The van der Waals surface area contributed by atoms with Gasteiger partial charge in [0.25, 0.3) is 0 Å². The Labute approximate surface area is 251 Å². The summed E-state index contributed by atoms with van der Waals surface area (Å²) >= 11 is 17.6. The van der Waals surface area contributed by atoms with Gasteiger partial charge < -0.3 is 14.8 Å². The van der Waals surface area contributed by atoms with Gasteiger partial charge in [0.15, 0.2) is 11.5 Å². The third kappa shape index (κ3) is 8.49. The molecule has 0 aliphatic carbocycles. The zero-order valence-electron chi connectivity index (χ0n) is 20.6. The summed E-state index contributed by atoms with van der Waals surface area (Å²) in [5.41, 5.74) is 2.89. The van der Waals surface area contributed by atoms with Gasteiger partial charge in [-0.05, 0) is 88.2 Å². The van der Waals surface area contributed by atoms with Crippen molar-refractivity contribution in [2.75, 3.05) is 18.9 Å². The van der Waals surface area contributed by atoms with Crippen molar-refractivity contribution >= 4 is 63.3 Å². The second-order valence-corrected chi connectivity index (χ2v) is 10.7. The number of benzene rings is 3. The normalized spacial score (nSPS) is 10.7. The van der Waals surface area contributed by atoms with E-state index in [0.717, 1.165) is 45.2 Å². The molecule has 38 heavy (non-hydrogen) atoms. The predicted octanol–water partition coefficient (Wildman–Crippen LogP) is 7.40. The van der Waals surface area contributed by atoms with E-state index in [-0.39, 0.29) is 12.4 Å². The van der Waals surface area contributed by atoms with Gasteiger partial charge >= 0.3 is 0 Å². The Balaban J connectivity index is 0.00000400. The minimum Gasteiger partial charge on any atom is -0.490 e. The largest absolute Gasteiger partial charge is 0.490 e. The van der Waals surface area contributed by atoms with E-state index in [2.05, 4.69) is 36.8 Å². The first-order valence-electron chi connectivity index (χ1n) is 11.7. The van der Waals surface area contributed by atoms with E-state index < -0.39 is 0 Å². The molecule has 12 heteroatoms. The second kappa shape index (κ2) is 15.5. The molecule has 0 fully saturated rings. The molecule has 0 saturated carbocycles. The second-order valence-electron chi connectivity index (χ2n) is 7.95. The summed E-state index contributed by atoms with van der Waals surface area (Å²) in [6.07, 6.45) is 0.967. The van der Waals surface area contributed by atoms with E-state index >= 15 is 0 Å². The van der Waals surface area contributed by atoms with Gasteiger partial charge in [0.2, 0.25) is 5.16 Å². The van der Waals surface area contributed by atoms with Gasteiger partial charge in [-0.3, -0.25) is 0 Å². The van der Waals surface area contributed by atoms with Crippen LogP contribution in [0.1, 0.15) is 24.5 Å².